The summed E-state index contributed by atoms with van der Waals surface area (Å²) in [6, 6.07) is -0.558. The van der Waals surface area contributed by atoms with Crippen molar-refractivity contribution >= 4 is 23.6 Å². The number of thioether (sulfide) groups is 1. The van der Waals surface area contributed by atoms with Gasteiger partial charge < -0.3 is 10.0 Å². The number of carboxylic acids is 1. The Bertz CT molecular complexity index is 235. The predicted molar refractivity (Wildman–Crippen MR) is 43.7 cm³/mol. The van der Waals surface area contributed by atoms with E-state index in [1.807, 2.05) is 0 Å². The van der Waals surface area contributed by atoms with Crippen molar-refractivity contribution in [2.75, 3.05) is 5.75 Å². The van der Waals surface area contributed by atoms with Crippen molar-refractivity contribution in [2.45, 2.75) is 24.3 Å². The lowest BCUT2D eigenvalue weighted by molar-refractivity contribution is -0.158. The van der Waals surface area contributed by atoms with E-state index in [2.05, 4.69) is 0 Å². The molecule has 4 nitrogen and oxygen atoms in total. The van der Waals surface area contributed by atoms with Gasteiger partial charge >= 0.3 is 5.97 Å². The number of carbonyl (C=O) groups is 2. The van der Waals surface area contributed by atoms with E-state index in [1.165, 1.54) is 4.90 Å². The summed E-state index contributed by atoms with van der Waals surface area (Å²) in [7, 11) is 0. The first-order chi connectivity index (χ1) is 5.70. The maximum absolute atomic E-state index is 11.0. The Morgan fingerprint density at radius 1 is 1.67 bits per heavy atom. The summed E-state index contributed by atoms with van der Waals surface area (Å²) in [6.45, 7) is 0. The predicted octanol–water partition coefficient (Wildman–Crippen LogP) is 0.135. The first-order valence-electron chi connectivity index (χ1n) is 3.85. The summed E-state index contributed by atoms with van der Waals surface area (Å²) < 4.78 is 0. The van der Waals surface area contributed by atoms with Gasteiger partial charge in [-0.15, -0.1) is 11.8 Å². The minimum Gasteiger partial charge on any atom is -0.480 e. The van der Waals surface area contributed by atoms with Crippen molar-refractivity contribution in [1.29, 1.82) is 0 Å². The van der Waals surface area contributed by atoms with E-state index in [-0.39, 0.29) is 11.3 Å². The van der Waals surface area contributed by atoms with Crippen molar-refractivity contribution in [3.63, 3.8) is 0 Å². The fourth-order valence-electron chi connectivity index (χ4n) is 1.61. The van der Waals surface area contributed by atoms with Gasteiger partial charge in [0.1, 0.15) is 6.04 Å². The summed E-state index contributed by atoms with van der Waals surface area (Å²) in [5.41, 5.74) is 0. The van der Waals surface area contributed by atoms with E-state index in [0.29, 0.717) is 12.8 Å². The average Bonchev–Trinajstić information content (AvgIpc) is 2.01. The highest BCUT2D eigenvalue weighted by Gasteiger charge is 2.46. The molecule has 0 aromatic rings. The zero-order valence-corrected chi connectivity index (χ0v) is 7.21. The molecule has 2 aliphatic heterocycles. The summed E-state index contributed by atoms with van der Waals surface area (Å²) >= 11 is 1.68. The van der Waals surface area contributed by atoms with Gasteiger partial charge in [-0.1, -0.05) is 0 Å². The molecule has 66 valence electrons. The van der Waals surface area contributed by atoms with Gasteiger partial charge in [0, 0.05) is 0 Å². The Balaban J connectivity index is 2.12. The number of carboxylic acid groups (broad SMARTS) is 1. The van der Waals surface area contributed by atoms with E-state index in [0.717, 1.165) is 5.75 Å². The lowest BCUT2D eigenvalue weighted by Gasteiger charge is -2.46. The molecular weight excluding hydrogens is 178 g/mol. The highest BCUT2D eigenvalue weighted by molar-refractivity contribution is 8.00. The fraction of sp³-hybridized carbons (Fsp3) is 0.714. The fourth-order valence-corrected chi connectivity index (χ4v) is 2.93. The lowest BCUT2D eigenvalue weighted by atomic mass is 10.1. The monoisotopic (exact) mass is 187 g/mol. The molecule has 0 bridgehead atoms. The summed E-state index contributed by atoms with van der Waals surface area (Å²) in [6.07, 6.45) is 1.11. The van der Waals surface area contributed by atoms with Gasteiger partial charge in [0.05, 0.1) is 11.8 Å². The second-order valence-electron chi connectivity index (χ2n) is 2.97. The molecule has 2 rings (SSSR count). The minimum absolute atomic E-state index is 0.0143. The molecule has 1 amide bonds. The molecule has 5 heteroatoms. The third kappa shape index (κ3) is 0.998. The molecule has 2 heterocycles. The molecule has 0 aromatic carbocycles. The number of fused-ring (bicyclic) bond motifs is 1. The van der Waals surface area contributed by atoms with Gasteiger partial charge in [0.25, 0.3) is 0 Å². The van der Waals surface area contributed by atoms with Gasteiger partial charge in [0.2, 0.25) is 5.91 Å². The van der Waals surface area contributed by atoms with E-state index < -0.39 is 12.0 Å². The Morgan fingerprint density at radius 3 is 2.92 bits per heavy atom. The Kier molecular flexibility index (Phi) is 1.75. The maximum Gasteiger partial charge on any atom is 0.326 e. The van der Waals surface area contributed by atoms with Crippen LogP contribution in [0.4, 0.5) is 0 Å². The van der Waals surface area contributed by atoms with Crippen molar-refractivity contribution in [1.82, 2.24) is 4.90 Å². The second-order valence-corrected chi connectivity index (χ2v) is 4.26. The summed E-state index contributed by atoms with van der Waals surface area (Å²) in [5.74, 6) is -0.0289. The molecule has 0 radical (unpaired) electrons. The molecule has 0 spiro atoms. The summed E-state index contributed by atoms with van der Waals surface area (Å²) in [5, 5.41) is 8.92. The molecule has 12 heavy (non-hydrogen) atoms. The third-order valence-electron chi connectivity index (χ3n) is 2.27. The minimum atomic E-state index is -0.867. The number of β-lactam (4-membered cyclic amide) rings is 1. The van der Waals surface area contributed by atoms with E-state index in [9.17, 15) is 9.59 Å². The zero-order valence-electron chi connectivity index (χ0n) is 6.40. The largest absolute Gasteiger partial charge is 0.480 e. The van der Waals surface area contributed by atoms with Crippen LogP contribution in [0.5, 0.6) is 0 Å². The van der Waals surface area contributed by atoms with Crippen LogP contribution < -0.4 is 0 Å². The van der Waals surface area contributed by atoms with E-state index in [4.69, 9.17) is 5.11 Å². The van der Waals surface area contributed by atoms with Crippen LogP contribution in [0, 0.1) is 0 Å². The SMILES string of the molecule is O=C(O)C1CCS[C@H]2CC(=O)N12. The average molecular weight is 187 g/mol. The normalized spacial score (nSPS) is 34.0. The Hall–Kier alpha value is -0.710. The van der Waals surface area contributed by atoms with Crippen LogP contribution in [-0.4, -0.2) is 39.1 Å². The van der Waals surface area contributed by atoms with Crippen molar-refractivity contribution in [3.8, 4) is 0 Å². The molecule has 2 aliphatic rings. The first-order valence-corrected chi connectivity index (χ1v) is 4.90. The lowest BCUT2D eigenvalue weighted by Crippen LogP contribution is -2.60. The zero-order chi connectivity index (χ0) is 8.72. The molecule has 1 unspecified atom stereocenters. The quantitative estimate of drug-likeness (QED) is 0.593. The molecule has 2 fully saturated rings. The number of nitrogens with zero attached hydrogens (tertiary/aromatic N) is 1. The molecule has 2 atom stereocenters. The van der Waals surface area contributed by atoms with E-state index >= 15 is 0 Å². The Labute approximate surface area is 73.9 Å². The second kappa shape index (κ2) is 2.65. The van der Waals surface area contributed by atoms with Crippen LogP contribution in [0.15, 0.2) is 0 Å². The standard InChI is InChI=1S/C7H9NO3S/c9-5-3-6-8(5)4(7(10)11)1-2-12-6/h4,6H,1-3H2,(H,10,11)/t4?,6-/m0/s1. The van der Waals surface area contributed by atoms with Crippen molar-refractivity contribution < 1.29 is 14.7 Å². The molecule has 0 aliphatic carbocycles. The number of hydrogen-bond donors (Lipinski definition) is 1. The molecule has 0 aromatic heterocycles. The maximum atomic E-state index is 11.0. The van der Waals surface area contributed by atoms with Gasteiger partial charge in [-0.25, -0.2) is 4.79 Å². The third-order valence-corrected chi connectivity index (χ3v) is 3.52. The van der Waals surface area contributed by atoms with Crippen LogP contribution in [0.1, 0.15) is 12.8 Å². The molecule has 1 N–H and O–H groups in total. The number of amides is 1. The van der Waals surface area contributed by atoms with Gasteiger partial charge in [-0.05, 0) is 12.2 Å². The van der Waals surface area contributed by atoms with Crippen molar-refractivity contribution in [3.05, 3.63) is 0 Å². The number of carbonyl (C=O) groups excluding carboxylic acids is 1. The van der Waals surface area contributed by atoms with Crippen LogP contribution in [0.25, 0.3) is 0 Å². The van der Waals surface area contributed by atoms with Crippen molar-refractivity contribution in [2.24, 2.45) is 0 Å². The van der Waals surface area contributed by atoms with Gasteiger partial charge in [-0.3, -0.25) is 4.79 Å². The van der Waals surface area contributed by atoms with Gasteiger partial charge in [0.15, 0.2) is 0 Å². The number of aliphatic carboxylic acids is 1. The number of hydrogen-bond acceptors (Lipinski definition) is 3. The molecule has 0 saturated carbocycles. The Morgan fingerprint density at radius 2 is 2.42 bits per heavy atom. The van der Waals surface area contributed by atoms with Gasteiger partial charge in [-0.2, -0.15) is 0 Å². The summed E-state index contributed by atoms with van der Waals surface area (Å²) in [4.78, 5) is 23.2. The smallest absolute Gasteiger partial charge is 0.326 e. The number of rotatable bonds is 1. The topological polar surface area (TPSA) is 57.6 Å². The highest BCUT2D eigenvalue weighted by Crippen LogP contribution is 2.37. The van der Waals surface area contributed by atoms with Crippen LogP contribution in [0.3, 0.4) is 0 Å². The molecule has 2 saturated heterocycles. The van der Waals surface area contributed by atoms with E-state index in [1.54, 1.807) is 11.8 Å². The first kappa shape index (κ1) is 7.91. The molecular formula is C7H9NO3S. The van der Waals surface area contributed by atoms with Crippen LogP contribution in [0.2, 0.25) is 0 Å². The highest BCUT2D eigenvalue weighted by atomic mass is 32.2. The van der Waals surface area contributed by atoms with Crippen LogP contribution >= 0.6 is 11.8 Å². The van der Waals surface area contributed by atoms with Crippen LogP contribution in [-0.2, 0) is 9.59 Å².